The zero-order valence-corrected chi connectivity index (χ0v) is 21.4. The molecule has 1 saturated carbocycles. The van der Waals surface area contributed by atoms with Gasteiger partial charge in [0.1, 0.15) is 17.6 Å². The number of hydrogen-bond acceptors (Lipinski definition) is 3. The van der Waals surface area contributed by atoms with Crippen LogP contribution in [-0.2, 0) is 16.6 Å². The molecule has 5 nitrogen and oxygen atoms in total. The van der Waals surface area contributed by atoms with E-state index >= 15 is 4.39 Å². The normalized spacial score (nSPS) is 16.2. The van der Waals surface area contributed by atoms with Gasteiger partial charge in [0.15, 0.2) is 0 Å². The molecule has 1 heterocycles. The molecular formula is C25H25F7N2O3S. The summed E-state index contributed by atoms with van der Waals surface area (Å²) in [4.78, 5) is 0. The largest absolute Gasteiger partial charge is 0.573 e. The lowest BCUT2D eigenvalue weighted by Crippen LogP contribution is -2.39. The Balaban J connectivity index is 1.93. The topological polar surface area (TPSA) is 60.3 Å². The molecule has 0 unspecified atom stereocenters. The molecule has 13 heteroatoms. The highest BCUT2D eigenvalue weighted by Crippen LogP contribution is 2.43. The summed E-state index contributed by atoms with van der Waals surface area (Å²) in [6, 6.07) is 4.12. The van der Waals surface area contributed by atoms with Gasteiger partial charge in [0.05, 0.1) is 5.25 Å². The van der Waals surface area contributed by atoms with E-state index in [1.807, 2.05) is 20.8 Å². The Morgan fingerprint density at radius 3 is 2.21 bits per heavy atom. The number of rotatable bonds is 7. The number of sulfonamides is 1. The molecule has 208 valence electrons. The van der Waals surface area contributed by atoms with Crippen molar-refractivity contribution in [1.29, 1.82) is 0 Å². The van der Waals surface area contributed by atoms with E-state index < -0.39 is 56.4 Å². The van der Waals surface area contributed by atoms with Crippen LogP contribution in [0.4, 0.5) is 30.7 Å². The van der Waals surface area contributed by atoms with Crippen molar-refractivity contribution < 1.29 is 43.9 Å². The van der Waals surface area contributed by atoms with Gasteiger partial charge in [-0.3, -0.25) is 0 Å². The zero-order chi connectivity index (χ0) is 28.3. The quantitative estimate of drug-likeness (QED) is 0.311. The van der Waals surface area contributed by atoms with Crippen molar-refractivity contribution in [1.82, 2.24) is 9.29 Å². The first kappa shape index (κ1) is 28.2. The number of nitrogens with zero attached hydrogens (tertiary/aromatic N) is 1. The molecule has 1 N–H and O–H groups in total. The Morgan fingerprint density at radius 1 is 1.03 bits per heavy atom. The van der Waals surface area contributed by atoms with E-state index in [0.717, 1.165) is 24.4 Å². The van der Waals surface area contributed by atoms with E-state index in [2.05, 4.69) is 4.74 Å². The second-order valence-corrected chi connectivity index (χ2v) is 12.5. The van der Waals surface area contributed by atoms with Gasteiger partial charge in [0.25, 0.3) is 0 Å². The van der Waals surface area contributed by atoms with Gasteiger partial charge in [-0.2, -0.15) is 17.9 Å². The Hall–Kier alpha value is -2.80. The molecule has 0 bridgehead atoms. The summed E-state index contributed by atoms with van der Waals surface area (Å²) >= 11 is 0. The monoisotopic (exact) mass is 566 g/mol. The number of fused-ring (bicyclic) bond motifs is 1. The van der Waals surface area contributed by atoms with Gasteiger partial charge in [-0.15, -0.1) is 13.2 Å². The fourth-order valence-electron chi connectivity index (χ4n) is 4.26. The summed E-state index contributed by atoms with van der Waals surface area (Å²) < 4.78 is 129. The lowest BCUT2D eigenvalue weighted by atomic mass is 9.96. The van der Waals surface area contributed by atoms with Crippen LogP contribution in [0.25, 0.3) is 22.0 Å². The molecule has 1 atom stereocenters. The second kappa shape index (κ2) is 9.44. The van der Waals surface area contributed by atoms with Gasteiger partial charge in [0.2, 0.25) is 10.0 Å². The fraction of sp³-hybridized carbons (Fsp3) is 0.440. The van der Waals surface area contributed by atoms with Crippen LogP contribution in [0.5, 0.6) is 5.75 Å². The Labute approximate surface area is 214 Å². The third-order valence-corrected chi connectivity index (χ3v) is 7.85. The smallest absolute Gasteiger partial charge is 0.405 e. The number of nitrogens with one attached hydrogen (secondary N) is 1. The minimum absolute atomic E-state index is 0.0907. The van der Waals surface area contributed by atoms with Crippen LogP contribution in [0, 0.1) is 11.2 Å². The van der Waals surface area contributed by atoms with E-state index in [1.165, 1.54) is 22.8 Å². The van der Waals surface area contributed by atoms with E-state index in [0.29, 0.717) is 0 Å². The molecule has 0 amide bonds. The Kier molecular flexibility index (Phi) is 7.01. The van der Waals surface area contributed by atoms with Gasteiger partial charge in [-0.25, -0.2) is 12.8 Å². The van der Waals surface area contributed by atoms with Crippen LogP contribution in [-0.4, -0.2) is 30.8 Å². The Morgan fingerprint density at radius 2 is 1.66 bits per heavy atom. The first-order valence-corrected chi connectivity index (χ1v) is 13.2. The average molecular weight is 567 g/mol. The Bertz CT molecular complexity index is 1450. The maximum absolute atomic E-state index is 15.4. The number of ether oxygens (including phenoxy) is 1. The number of halogens is 7. The van der Waals surface area contributed by atoms with E-state index in [9.17, 15) is 34.8 Å². The third kappa shape index (κ3) is 6.25. The van der Waals surface area contributed by atoms with Crippen LogP contribution in [0.1, 0.15) is 45.2 Å². The molecule has 0 spiro atoms. The number of alkyl halides is 6. The summed E-state index contributed by atoms with van der Waals surface area (Å²) in [6.07, 6.45) is -8.52. The number of aromatic nitrogens is 1. The van der Waals surface area contributed by atoms with Crippen molar-refractivity contribution in [3.8, 4) is 16.9 Å². The van der Waals surface area contributed by atoms with Crippen LogP contribution in [0.15, 0.2) is 42.6 Å². The highest BCUT2D eigenvalue weighted by Gasteiger charge is 2.48. The molecular weight excluding hydrogens is 541 g/mol. The standard InChI is InChI=1S/C25H25F7N2O3S/c1-23(2,3)13-34-12-18(22(24(27,28)29)33-38(35,36)14-8-9-14)17-10-19(26)16(11-20(17)34)15-6-4-5-7-21(15)37-25(30,31)32/h4-7,10-12,14,22,33H,8-9,13H2,1-3H3/t22-/m0/s1. The molecule has 0 aliphatic heterocycles. The molecule has 2 aromatic carbocycles. The maximum Gasteiger partial charge on any atom is 0.573 e. The molecule has 3 aromatic rings. The maximum atomic E-state index is 15.4. The summed E-state index contributed by atoms with van der Waals surface area (Å²) in [6.45, 7) is 5.58. The predicted molar refractivity (Wildman–Crippen MR) is 127 cm³/mol. The minimum atomic E-state index is -5.06. The summed E-state index contributed by atoms with van der Waals surface area (Å²) in [5.41, 5.74) is -1.47. The summed E-state index contributed by atoms with van der Waals surface area (Å²) in [5.74, 6) is -1.78. The number of benzene rings is 2. The highest BCUT2D eigenvalue weighted by molar-refractivity contribution is 7.90. The van der Waals surface area contributed by atoms with E-state index in [-0.39, 0.29) is 41.4 Å². The molecule has 1 aliphatic carbocycles. The molecule has 4 rings (SSSR count). The van der Waals surface area contributed by atoms with Crippen LogP contribution in [0.3, 0.4) is 0 Å². The minimum Gasteiger partial charge on any atom is -0.405 e. The van der Waals surface area contributed by atoms with Crippen LogP contribution < -0.4 is 9.46 Å². The van der Waals surface area contributed by atoms with Crippen molar-refractivity contribution in [2.75, 3.05) is 0 Å². The summed E-state index contributed by atoms with van der Waals surface area (Å²) in [7, 11) is -4.29. The molecule has 1 aliphatic rings. The fourth-order valence-corrected chi connectivity index (χ4v) is 5.80. The number of hydrogen-bond donors (Lipinski definition) is 1. The van der Waals surface area contributed by atoms with E-state index in [4.69, 9.17) is 0 Å². The lowest BCUT2D eigenvalue weighted by Gasteiger charge is -2.22. The number of para-hydroxylation sites is 1. The molecule has 1 fully saturated rings. The van der Waals surface area contributed by atoms with Crippen molar-refractivity contribution in [2.24, 2.45) is 5.41 Å². The van der Waals surface area contributed by atoms with Gasteiger partial charge >= 0.3 is 12.5 Å². The van der Waals surface area contributed by atoms with Crippen molar-refractivity contribution >= 4 is 20.9 Å². The average Bonchev–Trinajstić information content (AvgIpc) is 3.55. The van der Waals surface area contributed by atoms with E-state index in [1.54, 1.807) is 4.72 Å². The van der Waals surface area contributed by atoms with Crippen molar-refractivity contribution in [3.63, 3.8) is 0 Å². The SMILES string of the molecule is CC(C)(C)Cn1cc([C@H](NS(=O)(=O)C2CC2)C(F)(F)F)c2cc(F)c(-c3ccccc3OC(F)(F)F)cc21. The van der Waals surface area contributed by atoms with Gasteiger partial charge in [-0.05, 0) is 36.5 Å². The molecule has 1 aromatic heterocycles. The third-order valence-electron chi connectivity index (χ3n) is 5.93. The lowest BCUT2D eigenvalue weighted by molar-refractivity contribution is -0.274. The van der Waals surface area contributed by atoms with Crippen LogP contribution >= 0.6 is 0 Å². The summed E-state index contributed by atoms with van der Waals surface area (Å²) in [5, 5.41) is -1.14. The molecule has 38 heavy (non-hydrogen) atoms. The van der Waals surface area contributed by atoms with Gasteiger partial charge < -0.3 is 9.30 Å². The van der Waals surface area contributed by atoms with Gasteiger partial charge in [0, 0.05) is 40.3 Å². The van der Waals surface area contributed by atoms with Crippen molar-refractivity contribution in [2.45, 2.75) is 64.0 Å². The first-order chi connectivity index (χ1) is 17.4. The highest BCUT2D eigenvalue weighted by atomic mass is 32.2. The predicted octanol–water partition coefficient (Wildman–Crippen LogP) is 7.08. The van der Waals surface area contributed by atoms with Gasteiger partial charge in [-0.1, -0.05) is 39.0 Å². The van der Waals surface area contributed by atoms with Crippen molar-refractivity contribution in [3.05, 3.63) is 54.0 Å². The molecule has 0 saturated heterocycles. The second-order valence-electron chi connectivity index (χ2n) is 10.5. The zero-order valence-electron chi connectivity index (χ0n) is 20.5. The molecule has 0 radical (unpaired) electrons. The van der Waals surface area contributed by atoms with Crippen LogP contribution in [0.2, 0.25) is 0 Å². The first-order valence-electron chi connectivity index (χ1n) is 11.6.